The molecule has 4 aliphatic rings. The van der Waals surface area contributed by atoms with E-state index in [4.69, 9.17) is 11.5 Å². The highest BCUT2D eigenvalue weighted by molar-refractivity contribution is 9.09. The number of thiol groups is 1. The fourth-order valence-electron chi connectivity index (χ4n) is 9.13. The van der Waals surface area contributed by atoms with Crippen LogP contribution in [0.2, 0.25) is 0 Å². The molecule has 2 aliphatic heterocycles. The molecule has 0 radical (unpaired) electrons. The van der Waals surface area contributed by atoms with Gasteiger partial charge < -0.3 is 42.5 Å². The molecular weight excluding hydrogens is 949 g/mol. The lowest BCUT2D eigenvalue weighted by Gasteiger charge is -2.24. The number of carbonyl (C=O) groups excluding carboxylic acids is 8. The van der Waals surface area contributed by atoms with E-state index < -0.39 is 23.9 Å². The Hall–Kier alpha value is -3.06. The molecule has 4 fully saturated rings. The lowest BCUT2D eigenvalue weighted by molar-refractivity contribution is -0.136. The molecule has 0 aromatic rings. The van der Waals surface area contributed by atoms with Gasteiger partial charge in [-0.25, -0.2) is 0 Å². The molecule has 378 valence electrons. The number of nitrogens with two attached hydrogens (primary N) is 2. The molecule has 2 saturated heterocycles. The van der Waals surface area contributed by atoms with Crippen molar-refractivity contribution in [3.63, 3.8) is 0 Å². The Morgan fingerprint density at radius 3 is 1.32 bits per heavy atom. The Morgan fingerprint density at radius 1 is 0.606 bits per heavy atom. The third-order valence-electron chi connectivity index (χ3n) is 12.8. The first-order valence-corrected chi connectivity index (χ1v) is 27.6. The molecule has 2 unspecified atom stereocenters. The second kappa shape index (κ2) is 35.1. The first-order chi connectivity index (χ1) is 31.7. The van der Waals surface area contributed by atoms with Crippen LogP contribution in [0, 0.1) is 11.8 Å². The van der Waals surface area contributed by atoms with E-state index in [0.29, 0.717) is 63.2 Å². The summed E-state index contributed by atoms with van der Waals surface area (Å²) < 4.78 is 0. The number of amides is 8. The lowest BCUT2D eigenvalue weighted by Crippen LogP contribution is -2.45. The van der Waals surface area contributed by atoms with E-state index in [1.165, 1.54) is 113 Å². The number of thioether (sulfide) groups is 1. The van der Waals surface area contributed by atoms with Gasteiger partial charge in [0.2, 0.25) is 41.4 Å². The Kier molecular flexibility index (Phi) is 31.4. The summed E-state index contributed by atoms with van der Waals surface area (Å²) in [6.07, 6.45) is 26.7. The SMILES string of the molecule is CC[C@H](C(N)=O)N1CC(CNC(=O)CS)CC1=O.CC[C@H](C(N)=O)N1CC(CNC(=O)CSC(=O)NC2CCCCCCCCCC2)CC1=O.O=C(CBr)NC1CCCCCCCCCC1. The molecule has 4 atom stereocenters. The standard InChI is InChI=1S/C23H40N4O4S.C13H24BrNO.C11H19N3O3S/c1-2-19(22(24)30)27-15-17(13-21(27)29)14-25-20(28)16-32-23(31)26-18-11-9-7-5-3-4-6-8-10-12-18;14-11-13(16)15-12-9-7-5-3-1-2-4-6-8-10-12;1-2-8(11(12)17)14-5-7(3-10(14)16)4-13-9(15)6-18/h17-19H,2-16H2,1H3,(H2,24,30)(H,25,28)(H,26,31);12H,1-11H2,(H,15,16);7-8,18H,2-6H2,1H3,(H2,12,17)(H,13,15)/t17?,19-;;7?,8-/m1.1/s1. The van der Waals surface area contributed by atoms with Crippen molar-refractivity contribution in [2.45, 2.75) is 192 Å². The number of alkyl halides is 1. The van der Waals surface area contributed by atoms with E-state index in [2.05, 4.69) is 49.8 Å². The molecule has 19 heteroatoms. The predicted octanol–water partition coefficient (Wildman–Crippen LogP) is 5.87. The number of nitrogens with zero attached hydrogens (tertiary/aromatic N) is 2. The molecule has 4 rings (SSSR count). The molecular formula is C47H83BrN8O8S2. The number of primary amides is 2. The molecule has 2 saturated carbocycles. The molecule has 0 bridgehead atoms. The average molecular weight is 1030 g/mol. The third-order valence-corrected chi connectivity index (χ3v) is 14.4. The minimum absolute atomic E-state index is 0.0368. The lowest BCUT2D eigenvalue weighted by atomic mass is 10.0. The quantitative estimate of drug-likeness (QED) is 0.0722. The average Bonchev–Trinajstić information content (AvgIpc) is 3.81. The summed E-state index contributed by atoms with van der Waals surface area (Å²) in [7, 11) is 0. The first-order valence-electron chi connectivity index (χ1n) is 24.8. The molecule has 0 spiro atoms. The molecule has 8 N–H and O–H groups in total. The Morgan fingerprint density at radius 2 is 0.970 bits per heavy atom. The predicted molar refractivity (Wildman–Crippen MR) is 269 cm³/mol. The van der Waals surface area contributed by atoms with Crippen molar-refractivity contribution >= 4 is 86.9 Å². The van der Waals surface area contributed by atoms with Gasteiger partial charge in [0.05, 0.1) is 16.8 Å². The molecule has 16 nitrogen and oxygen atoms in total. The zero-order chi connectivity index (χ0) is 48.7. The minimum atomic E-state index is -0.589. The monoisotopic (exact) mass is 1030 g/mol. The fourth-order valence-corrected chi connectivity index (χ4v) is 10.0. The zero-order valence-electron chi connectivity index (χ0n) is 39.9. The summed E-state index contributed by atoms with van der Waals surface area (Å²) in [6, 6.07) is -0.511. The normalized spacial score (nSPS) is 21.5. The van der Waals surface area contributed by atoms with Crippen LogP contribution in [0.25, 0.3) is 0 Å². The van der Waals surface area contributed by atoms with Gasteiger partial charge in [0, 0.05) is 62.9 Å². The van der Waals surface area contributed by atoms with Gasteiger partial charge in [-0.05, 0) is 38.5 Å². The van der Waals surface area contributed by atoms with Crippen molar-refractivity contribution in [1.82, 2.24) is 31.1 Å². The van der Waals surface area contributed by atoms with Crippen molar-refractivity contribution in [3.05, 3.63) is 0 Å². The Bertz CT molecular complexity index is 1490. The largest absolute Gasteiger partial charge is 0.368 e. The van der Waals surface area contributed by atoms with Gasteiger partial charge in [0.25, 0.3) is 5.24 Å². The third kappa shape index (κ3) is 24.8. The number of halogens is 1. The Labute approximate surface area is 412 Å². The van der Waals surface area contributed by atoms with Crippen molar-refractivity contribution in [1.29, 1.82) is 0 Å². The van der Waals surface area contributed by atoms with Gasteiger partial charge in [-0.3, -0.25) is 38.4 Å². The summed E-state index contributed by atoms with van der Waals surface area (Å²) in [5.74, 6) is -1.24. The van der Waals surface area contributed by atoms with Gasteiger partial charge in [-0.2, -0.15) is 12.6 Å². The molecule has 2 aliphatic carbocycles. The van der Waals surface area contributed by atoms with Crippen molar-refractivity contribution in [2.75, 3.05) is 43.0 Å². The smallest absolute Gasteiger partial charge is 0.279 e. The van der Waals surface area contributed by atoms with E-state index in [1.54, 1.807) is 0 Å². The maximum Gasteiger partial charge on any atom is 0.279 e. The highest BCUT2D eigenvalue weighted by Crippen LogP contribution is 2.23. The van der Waals surface area contributed by atoms with Crippen LogP contribution in [0.3, 0.4) is 0 Å². The van der Waals surface area contributed by atoms with Crippen molar-refractivity contribution in [2.24, 2.45) is 23.3 Å². The van der Waals surface area contributed by atoms with E-state index in [9.17, 15) is 38.4 Å². The van der Waals surface area contributed by atoms with Gasteiger partial charge in [0.1, 0.15) is 12.1 Å². The summed E-state index contributed by atoms with van der Waals surface area (Å²) in [6.45, 7) is 5.29. The van der Waals surface area contributed by atoms with Crippen molar-refractivity contribution in [3.8, 4) is 0 Å². The van der Waals surface area contributed by atoms with Gasteiger partial charge in [-0.15, -0.1) is 0 Å². The summed E-state index contributed by atoms with van der Waals surface area (Å²) >= 11 is 8.06. The minimum Gasteiger partial charge on any atom is -0.368 e. The summed E-state index contributed by atoms with van der Waals surface area (Å²) in [5.41, 5.74) is 10.7. The van der Waals surface area contributed by atoms with Crippen LogP contribution < -0.4 is 32.7 Å². The van der Waals surface area contributed by atoms with Crippen LogP contribution in [-0.2, 0) is 33.6 Å². The van der Waals surface area contributed by atoms with Crippen LogP contribution >= 0.6 is 40.3 Å². The first kappa shape index (κ1) is 59.1. The van der Waals surface area contributed by atoms with E-state index in [-0.39, 0.29) is 64.2 Å². The number of nitrogens with one attached hydrogen (secondary N) is 4. The van der Waals surface area contributed by atoms with Crippen LogP contribution in [0.5, 0.6) is 0 Å². The number of rotatable bonds is 16. The van der Waals surface area contributed by atoms with Crippen LogP contribution in [0.4, 0.5) is 4.79 Å². The van der Waals surface area contributed by atoms with Crippen molar-refractivity contribution < 1.29 is 38.4 Å². The van der Waals surface area contributed by atoms with E-state index in [1.807, 2.05) is 13.8 Å². The van der Waals surface area contributed by atoms with Gasteiger partial charge in [0.15, 0.2) is 0 Å². The van der Waals surface area contributed by atoms with Gasteiger partial charge in [-0.1, -0.05) is 144 Å². The Balaban J connectivity index is 0.000000372. The van der Waals surface area contributed by atoms with Crippen LogP contribution in [0.1, 0.15) is 168 Å². The van der Waals surface area contributed by atoms with Crippen LogP contribution in [-0.4, -0.2) is 124 Å². The second-order valence-corrected chi connectivity index (χ2v) is 20.1. The molecule has 0 aromatic heterocycles. The number of hydrogen-bond acceptors (Lipinski definition) is 10. The molecule has 2 heterocycles. The molecule has 8 amide bonds. The maximum atomic E-state index is 12.3. The molecule has 66 heavy (non-hydrogen) atoms. The van der Waals surface area contributed by atoms with E-state index in [0.717, 1.165) is 37.4 Å². The maximum absolute atomic E-state index is 12.3. The summed E-state index contributed by atoms with van der Waals surface area (Å²) in [5, 5.41) is 12.0. The fraction of sp³-hybridized carbons (Fsp3) is 0.830. The van der Waals surface area contributed by atoms with Gasteiger partial charge >= 0.3 is 0 Å². The zero-order valence-corrected chi connectivity index (χ0v) is 43.2. The second-order valence-electron chi connectivity index (χ2n) is 18.3. The highest BCUT2D eigenvalue weighted by atomic mass is 79.9. The van der Waals surface area contributed by atoms with Crippen LogP contribution in [0.15, 0.2) is 0 Å². The highest BCUT2D eigenvalue weighted by Gasteiger charge is 2.37. The summed E-state index contributed by atoms with van der Waals surface area (Å²) in [4.78, 5) is 96.7. The molecule has 0 aromatic carbocycles. The number of likely N-dealkylation sites (tertiary alicyclic amines) is 2. The number of carbonyl (C=O) groups is 8. The topological polar surface area (TPSA) is 243 Å². The van der Waals surface area contributed by atoms with E-state index >= 15 is 0 Å². The number of hydrogen-bond donors (Lipinski definition) is 7.